The first-order valence-corrected chi connectivity index (χ1v) is 7.24. The largest absolute Gasteiger partial charge is 0.328 e. The Labute approximate surface area is 122 Å². The smallest absolute Gasteiger partial charge is 0.245 e. The number of benzene rings is 1. The van der Waals surface area contributed by atoms with Crippen LogP contribution >= 0.6 is 15.9 Å². The number of halogens is 1. The van der Waals surface area contributed by atoms with Gasteiger partial charge in [-0.3, -0.25) is 9.69 Å². The number of rotatable bonds is 2. The third kappa shape index (κ3) is 2.68. The Morgan fingerprint density at radius 1 is 1.47 bits per heavy atom. The molecule has 0 aliphatic carbocycles. The van der Waals surface area contributed by atoms with E-state index in [4.69, 9.17) is 5.73 Å². The van der Waals surface area contributed by atoms with Crippen LogP contribution in [0.2, 0.25) is 0 Å². The van der Waals surface area contributed by atoms with Crippen LogP contribution in [0.1, 0.15) is 12.5 Å². The first-order chi connectivity index (χ1) is 8.95. The molecule has 0 bridgehead atoms. The Hall–Kier alpha value is -0.910. The Kier molecular flexibility index (Phi) is 4.28. The van der Waals surface area contributed by atoms with E-state index >= 15 is 0 Å². The van der Waals surface area contributed by atoms with Gasteiger partial charge in [-0.2, -0.15) is 0 Å². The molecule has 2 rings (SSSR count). The van der Waals surface area contributed by atoms with Crippen molar-refractivity contribution in [2.24, 2.45) is 5.73 Å². The molecule has 1 heterocycles. The summed E-state index contributed by atoms with van der Waals surface area (Å²) in [6.45, 7) is 5.29. The first kappa shape index (κ1) is 14.5. The lowest BCUT2D eigenvalue weighted by Crippen LogP contribution is -2.62. The molecule has 0 radical (unpaired) electrons. The molecule has 2 atom stereocenters. The van der Waals surface area contributed by atoms with E-state index in [-0.39, 0.29) is 18.0 Å². The third-order valence-corrected chi connectivity index (χ3v) is 4.18. The number of nitrogens with two attached hydrogens (primary N) is 1. The van der Waals surface area contributed by atoms with Crippen molar-refractivity contribution in [3.63, 3.8) is 0 Å². The number of carbonyl (C=O) groups is 1. The molecule has 1 aromatic carbocycles. The second kappa shape index (κ2) is 5.61. The van der Waals surface area contributed by atoms with Crippen LogP contribution in [0.15, 0.2) is 22.7 Å². The molecule has 0 spiro atoms. The molecule has 5 heteroatoms. The predicted molar refractivity (Wildman–Crippen MR) is 81.3 cm³/mol. The van der Waals surface area contributed by atoms with Gasteiger partial charge in [-0.25, -0.2) is 0 Å². The van der Waals surface area contributed by atoms with Crippen molar-refractivity contribution in [2.45, 2.75) is 25.9 Å². The van der Waals surface area contributed by atoms with E-state index in [0.717, 1.165) is 22.3 Å². The molecule has 1 saturated heterocycles. The minimum Gasteiger partial charge on any atom is -0.328 e. The minimum absolute atomic E-state index is 0.0918. The van der Waals surface area contributed by atoms with Crippen molar-refractivity contribution < 1.29 is 4.79 Å². The molecule has 4 nitrogen and oxygen atoms in total. The van der Waals surface area contributed by atoms with Crippen LogP contribution in [0.5, 0.6) is 0 Å². The number of amides is 1. The predicted octanol–water partition coefficient (Wildman–Crippen LogP) is 1.75. The number of piperazine rings is 1. The van der Waals surface area contributed by atoms with E-state index in [0.29, 0.717) is 6.54 Å². The third-order valence-electron chi connectivity index (χ3n) is 3.69. The van der Waals surface area contributed by atoms with Crippen molar-refractivity contribution in [1.82, 2.24) is 4.90 Å². The molecule has 2 N–H and O–H groups in total. The van der Waals surface area contributed by atoms with Crippen molar-refractivity contribution >= 4 is 27.5 Å². The average molecular weight is 326 g/mol. The number of nitrogens with zero attached hydrogens (tertiary/aromatic N) is 2. The van der Waals surface area contributed by atoms with E-state index in [1.807, 2.05) is 42.0 Å². The van der Waals surface area contributed by atoms with E-state index < -0.39 is 0 Å². The molecule has 19 heavy (non-hydrogen) atoms. The molecule has 0 saturated carbocycles. The molecule has 1 aliphatic heterocycles. The van der Waals surface area contributed by atoms with Crippen molar-refractivity contribution in [3.8, 4) is 0 Å². The fourth-order valence-electron chi connectivity index (χ4n) is 2.72. The van der Waals surface area contributed by atoms with E-state index in [9.17, 15) is 4.79 Å². The zero-order valence-corrected chi connectivity index (χ0v) is 13.1. The van der Waals surface area contributed by atoms with E-state index in [2.05, 4.69) is 22.9 Å². The summed E-state index contributed by atoms with van der Waals surface area (Å²) in [4.78, 5) is 16.5. The normalized spacial score (nSPS) is 24.9. The fraction of sp³-hybridized carbons (Fsp3) is 0.500. The quantitative estimate of drug-likeness (QED) is 0.901. The first-order valence-electron chi connectivity index (χ1n) is 6.45. The van der Waals surface area contributed by atoms with Crippen LogP contribution in [0.3, 0.4) is 0 Å². The number of likely N-dealkylation sites (N-methyl/N-ethyl adjacent to an activating group) is 1. The maximum atomic E-state index is 12.6. The summed E-state index contributed by atoms with van der Waals surface area (Å²) >= 11 is 3.45. The number of hydrogen-bond acceptors (Lipinski definition) is 3. The van der Waals surface area contributed by atoms with Gasteiger partial charge in [0.2, 0.25) is 5.91 Å². The van der Waals surface area contributed by atoms with Gasteiger partial charge in [-0.05, 0) is 44.7 Å². The topological polar surface area (TPSA) is 49.6 Å². The summed E-state index contributed by atoms with van der Waals surface area (Å²) < 4.78 is 1.03. The second-order valence-corrected chi connectivity index (χ2v) is 6.09. The highest BCUT2D eigenvalue weighted by Crippen LogP contribution is 2.28. The molecule has 0 aromatic heterocycles. The highest BCUT2D eigenvalue weighted by molar-refractivity contribution is 9.10. The van der Waals surface area contributed by atoms with Crippen molar-refractivity contribution in [2.75, 3.05) is 25.0 Å². The Bertz CT molecular complexity index is 492. The number of aryl methyl sites for hydroxylation is 1. The summed E-state index contributed by atoms with van der Waals surface area (Å²) in [5.74, 6) is 0.0918. The second-order valence-electron chi connectivity index (χ2n) is 5.18. The number of carbonyl (C=O) groups excluding carboxylic acids is 1. The van der Waals surface area contributed by atoms with Gasteiger partial charge in [-0.1, -0.05) is 15.9 Å². The Balaban J connectivity index is 2.39. The lowest BCUT2D eigenvalue weighted by molar-refractivity contribution is -0.125. The maximum absolute atomic E-state index is 12.6. The van der Waals surface area contributed by atoms with E-state index in [1.165, 1.54) is 0 Å². The maximum Gasteiger partial charge on any atom is 0.245 e. The summed E-state index contributed by atoms with van der Waals surface area (Å²) in [7, 11) is 1.96. The van der Waals surface area contributed by atoms with Gasteiger partial charge in [0, 0.05) is 29.3 Å². The Morgan fingerprint density at radius 3 is 2.74 bits per heavy atom. The minimum atomic E-state index is -0.223. The van der Waals surface area contributed by atoms with Crippen molar-refractivity contribution in [1.29, 1.82) is 0 Å². The van der Waals surface area contributed by atoms with Crippen LogP contribution in [0.25, 0.3) is 0 Å². The summed E-state index contributed by atoms with van der Waals surface area (Å²) in [5, 5.41) is 0. The van der Waals surface area contributed by atoms with Crippen LogP contribution in [-0.2, 0) is 4.79 Å². The number of anilines is 1. The molecule has 2 unspecified atom stereocenters. The van der Waals surface area contributed by atoms with Gasteiger partial charge in [0.15, 0.2) is 0 Å². The number of hydrogen-bond donors (Lipinski definition) is 1. The molecule has 1 aromatic rings. The Morgan fingerprint density at radius 2 is 2.16 bits per heavy atom. The molecule has 104 valence electrons. The van der Waals surface area contributed by atoms with Crippen LogP contribution in [0, 0.1) is 6.92 Å². The highest BCUT2D eigenvalue weighted by atomic mass is 79.9. The monoisotopic (exact) mass is 325 g/mol. The highest BCUT2D eigenvalue weighted by Gasteiger charge is 2.37. The molecule has 1 amide bonds. The fourth-order valence-corrected chi connectivity index (χ4v) is 3.19. The lowest BCUT2D eigenvalue weighted by Gasteiger charge is -2.43. The van der Waals surface area contributed by atoms with E-state index in [1.54, 1.807) is 0 Å². The van der Waals surface area contributed by atoms with Gasteiger partial charge in [0.05, 0.1) is 0 Å². The summed E-state index contributed by atoms with van der Waals surface area (Å²) in [6, 6.07) is 5.93. The van der Waals surface area contributed by atoms with Gasteiger partial charge in [0.25, 0.3) is 0 Å². The zero-order chi connectivity index (χ0) is 14.2. The summed E-state index contributed by atoms with van der Waals surface area (Å²) in [6.07, 6.45) is 0. The molecule has 1 fully saturated rings. The standard InChI is InChI=1S/C14H20BrN3O/c1-9-6-11(15)4-5-12(9)18-10(2)8-17(3)13(7-16)14(18)19/h4-6,10,13H,7-8,16H2,1-3H3. The molecular weight excluding hydrogens is 306 g/mol. The van der Waals surface area contributed by atoms with Gasteiger partial charge in [0.1, 0.15) is 6.04 Å². The van der Waals surface area contributed by atoms with Gasteiger partial charge >= 0.3 is 0 Å². The van der Waals surface area contributed by atoms with Crippen LogP contribution in [0.4, 0.5) is 5.69 Å². The van der Waals surface area contributed by atoms with Crippen LogP contribution in [-0.4, -0.2) is 43.0 Å². The van der Waals surface area contributed by atoms with Gasteiger partial charge in [-0.15, -0.1) is 0 Å². The van der Waals surface area contributed by atoms with Gasteiger partial charge < -0.3 is 10.6 Å². The average Bonchev–Trinajstić information content (AvgIpc) is 2.31. The summed E-state index contributed by atoms with van der Waals surface area (Å²) in [5.41, 5.74) is 7.81. The molecular formula is C14H20BrN3O. The molecule has 1 aliphatic rings. The zero-order valence-electron chi connectivity index (χ0n) is 11.6. The SMILES string of the molecule is Cc1cc(Br)ccc1N1C(=O)C(CN)N(C)CC1C. The lowest BCUT2D eigenvalue weighted by atomic mass is 10.0. The van der Waals surface area contributed by atoms with Crippen molar-refractivity contribution in [3.05, 3.63) is 28.2 Å². The van der Waals surface area contributed by atoms with Crippen LogP contribution < -0.4 is 10.6 Å².